The molecule has 0 atom stereocenters. The SMILES string of the molecule is O=C(O)Cc1cccc(Oc2cccc(OCC=Cc3ccc(C(F)(F)F)cc3)c2)c1F. The van der Waals surface area contributed by atoms with Crippen molar-refractivity contribution in [3.05, 3.63) is 95.3 Å². The number of benzene rings is 3. The summed E-state index contributed by atoms with van der Waals surface area (Å²) in [5.74, 6) is -1.29. The standard InChI is InChI=1S/C24H18F4O4/c25-23-17(14-22(29)30)5-1-8-21(23)32-20-7-2-6-19(15-20)31-13-3-4-16-9-11-18(12-10-16)24(26,27)28/h1-12,15H,13-14H2,(H,29,30). The van der Waals surface area contributed by atoms with Crippen LogP contribution in [0.3, 0.4) is 0 Å². The molecule has 0 aliphatic carbocycles. The number of carboxylic acids is 1. The molecule has 32 heavy (non-hydrogen) atoms. The van der Waals surface area contributed by atoms with Crippen molar-refractivity contribution in [3.8, 4) is 17.2 Å². The van der Waals surface area contributed by atoms with Gasteiger partial charge in [-0.05, 0) is 42.0 Å². The monoisotopic (exact) mass is 446 g/mol. The van der Waals surface area contributed by atoms with Gasteiger partial charge >= 0.3 is 12.1 Å². The van der Waals surface area contributed by atoms with Gasteiger partial charge in [0.2, 0.25) is 0 Å². The molecule has 0 bridgehead atoms. The molecule has 3 aromatic carbocycles. The molecular weight excluding hydrogens is 428 g/mol. The van der Waals surface area contributed by atoms with Crippen molar-refractivity contribution in [1.82, 2.24) is 0 Å². The Hall–Kier alpha value is -3.81. The predicted molar refractivity (Wildman–Crippen MR) is 110 cm³/mol. The van der Waals surface area contributed by atoms with Crippen LogP contribution in [-0.4, -0.2) is 17.7 Å². The zero-order valence-electron chi connectivity index (χ0n) is 16.6. The van der Waals surface area contributed by atoms with Crippen LogP contribution in [-0.2, 0) is 17.4 Å². The normalized spacial score (nSPS) is 11.5. The Morgan fingerprint density at radius 3 is 2.34 bits per heavy atom. The van der Waals surface area contributed by atoms with Crippen LogP contribution < -0.4 is 9.47 Å². The summed E-state index contributed by atoms with van der Waals surface area (Å²) >= 11 is 0. The first-order chi connectivity index (χ1) is 15.2. The first-order valence-corrected chi connectivity index (χ1v) is 9.46. The van der Waals surface area contributed by atoms with Gasteiger partial charge < -0.3 is 14.6 Å². The zero-order chi connectivity index (χ0) is 23.1. The van der Waals surface area contributed by atoms with Gasteiger partial charge in [0.05, 0.1) is 12.0 Å². The maximum atomic E-state index is 14.4. The summed E-state index contributed by atoms with van der Waals surface area (Å²) in [6, 6.07) is 15.4. The van der Waals surface area contributed by atoms with Gasteiger partial charge in [-0.15, -0.1) is 0 Å². The molecular formula is C24H18F4O4. The number of alkyl halides is 3. The van der Waals surface area contributed by atoms with E-state index in [1.165, 1.54) is 36.4 Å². The van der Waals surface area contributed by atoms with Crippen LogP contribution in [0.25, 0.3) is 6.08 Å². The second-order valence-corrected chi connectivity index (χ2v) is 6.71. The minimum Gasteiger partial charge on any atom is -0.489 e. The maximum Gasteiger partial charge on any atom is 0.416 e. The fraction of sp³-hybridized carbons (Fsp3) is 0.125. The first-order valence-electron chi connectivity index (χ1n) is 9.46. The number of aliphatic carboxylic acids is 1. The van der Waals surface area contributed by atoms with Gasteiger partial charge in [0.1, 0.15) is 18.1 Å². The van der Waals surface area contributed by atoms with Crippen molar-refractivity contribution in [3.63, 3.8) is 0 Å². The minimum atomic E-state index is -4.38. The highest BCUT2D eigenvalue weighted by Crippen LogP contribution is 2.30. The van der Waals surface area contributed by atoms with Gasteiger partial charge in [-0.25, -0.2) is 4.39 Å². The van der Waals surface area contributed by atoms with Crippen LogP contribution in [0, 0.1) is 5.82 Å². The molecule has 1 N–H and O–H groups in total. The van der Waals surface area contributed by atoms with E-state index in [1.807, 2.05) is 0 Å². The third kappa shape index (κ3) is 6.34. The molecule has 8 heteroatoms. The highest BCUT2D eigenvalue weighted by Gasteiger charge is 2.29. The third-order valence-electron chi connectivity index (χ3n) is 4.31. The highest BCUT2D eigenvalue weighted by molar-refractivity contribution is 5.70. The van der Waals surface area contributed by atoms with E-state index in [1.54, 1.807) is 30.4 Å². The van der Waals surface area contributed by atoms with Crippen LogP contribution in [0.2, 0.25) is 0 Å². The molecule has 4 nitrogen and oxygen atoms in total. The largest absolute Gasteiger partial charge is 0.489 e. The van der Waals surface area contributed by atoms with Crippen LogP contribution in [0.15, 0.2) is 72.8 Å². The van der Waals surface area contributed by atoms with Crippen molar-refractivity contribution in [2.24, 2.45) is 0 Å². The van der Waals surface area contributed by atoms with E-state index in [0.29, 0.717) is 17.1 Å². The highest BCUT2D eigenvalue weighted by atomic mass is 19.4. The number of halogens is 4. The average molecular weight is 446 g/mol. The summed E-state index contributed by atoms with van der Waals surface area (Å²) in [4.78, 5) is 10.8. The number of hydrogen-bond donors (Lipinski definition) is 1. The fourth-order valence-electron chi connectivity index (χ4n) is 2.80. The summed E-state index contributed by atoms with van der Waals surface area (Å²) < 4.78 is 63.3. The van der Waals surface area contributed by atoms with Crippen LogP contribution in [0.5, 0.6) is 17.2 Å². The molecule has 3 rings (SSSR count). The van der Waals surface area contributed by atoms with Crippen molar-refractivity contribution in [2.45, 2.75) is 12.6 Å². The summed E-state index contributed by atoms with van der Waals surface area (Å²) in [6.45, 7) is 0.146. The van der Waals surface area contributed by atoms with E-state index in [2.05, 4.69) is 0 Å². The van der Waals surface area contributed by atoms with Gasteiger partial charge in [-0.3, -0.25) is 4.79 Å². The Morgan fingerprint density at radius 1 is 0.969 bits per heavy atom. The number of carboxylic acid groups (broad SMARTS) is 1. The molecule has 0 amide bonds. The summed E-state index contributed by atoms with van der Waals surface area (Å²) in [7, 11) is 0. The fourth-order valence-corrected chi connectivity index (χ4v) is 2.80. The molecule has 0 aliphatic heterocycles. The van der Waals surface area contributed by atoms with E-state index < -0.39 is 29.9 Å². The summed E-state index contributed by atoms with van der Waals surface area (Å²) in [5.41, 5.74) is -0.112. The smallest absolute Gasteiger partial charge is 0.416 e. The van der Waals surface area contributed by atoms with Gasteiger partial charge in [-0.1, -0.05) is 36.4 Å². The maximum absolute atomic E-state index is 14.4. The Bertz CT molecular complexity index is 1110. The number of hydrogen-bond acceptors (Lipinski definition) is 3. The van der Waals surface area contributed by atoms with E-state index in [-0.39, 0.29) is 17.9 Å². The number of rotatable bonds is 8. The molecule has 0 aliphatic rings. The molecule has 0 saturated heterocycles. The Morgan fingerprint density at radius 2 is 1.66 bits per heavy atom. The topological polar surface area (TPSA) is 55.8 Å². The van der Waals surface area contributed by atoms with Crippen LogP contribution in [0.4, 0.5) is 17.6 Å². The first kappa shape index (κ1) is 22.9. The van der Waals surface area contributed by atoms with E-state index in [0.717, 1.165) is 12.1 Å². The molecule has 0 spiro atoms. The van der Waals surface area contributed by atoms with E-state index in [4.69, 9.17) is 14.6 Å². The van der Waals surface area contributed by atoms with Crippen molar-refractivity contribution >= 4 is 12.0 Å². The Balaban J connectivity index is 1.60. The van der Waals surface area contributed by atoms with Gasteiger partial charge in [0.25, 0.3) is 0 Å². The summed E-state index contributed by atoms with van der Waals surface area (Å²) in [5, 5.41) is 8.85. The molecule has 0 radical (unpaired) electrons. The van der Waals surface area contributed by atoms with E-state index in [9.17, 15) is 22.4 Å². The molecule has 3 aromatic rings. The quantitative estimate of drug-likeness (QED) is 0.410. The van der Waals surface area contributed by atoms with Gasteiger partial charge in [-0.2, -0.15) is 13.2 Å². The van der Waals surface area contributed by atoms with Crippen LogP contribution >= 0.6 is 0 Å². The van der Waals surface area contributed by atoms with Gasteiger partial charge in [0.15, 0.2) is 11.6 Å². The second kappa shape index (κ2) is 10.00. The Labute approximate surface area is 181 Å². The Kier molecular flexibility index (Phi) is 7.14. The second-order valence-electron chi connectivity index (χ2n) is 6.71. The lowest BCUT2D eigenvalue weighted by atomic mass is 10.1. The lowest BCUT2D eigenvalue weighted by molar-refractivity contribution is -0.138. The van der Waals surface area contributed by atoms with Gasteiger partial charge in [0, 0.05) is 11.6 Å². The molecule has 166 valence electrons. The molecule has 0 unspecified atom stereocenters. The van der Waals surface area contributed by atoms with E-state index >= 15 is 0 Å². The zero-order valence-corrected chi connectivity index (χ0v) is 16.6. The predicted octanol–water partition coefficient (Wildman–Crippen LogP) is 6.36. The number of ether oxygens (including phenoxy) is 2. The lowest BCUT2D eigenvalue weighted by Gasteiger charge is -2.10. The molecule has 0 aromatic heterocycles. The molecule has 0 heterocycles. The minimum absolute atomic E-state index is 0.0100. The van der Waals surface area contributed by atoms with Crippen LogP contribution in [0.1, 0.15) is 16.7 Å². The van der Waals surface area contributed by atoms with Crippen molar-refractivity contribution < 1.29 is 36.9 Å². The average Bonchev–Trinajstić information content (AvgIpc) is 2.74. The van der Waals surface area contributed by atoms with Crippen molar-refractivity contribution in [2.75, 3.05) is 6.61 Å². The summed E-state index contributed by atoms with van der Waals surface area (Å²) in [6.07, 6.45) is -1.56. The number of carbonyl (C=O) groups is 1. The molecule has 0 saturated carbocycles. The van der Waals surface area contributed by atoms with Crippen molar-refractivity contribution in [1.29, 1.82) is 0 Å². The molecule has 0 fully saturated rings. The lowest BCUT2D eigenvalue weighted by Crippen LogP contribution is -2.04. The third-order valence-corrected chi connectivity index (χ3v) is 4.31.